The molecule has 9 N–H and O–H groups in total. The molecule has 0 spiro atoms. The fourth-order valence-electron chi connectivity index (χ4n) is 7.35. The second-order valence-electron chi connectivity index (χ2n) is 13.9. The molecular formula is C36H54Cl6N10O4S. The molecule has 1 unspecified atom stereocenters. The average molecular weight is 936 g/mol. The Labute approximate surface area is 370 Å². The molecule has 2 aliphatic rings. The fraction of sp³-hybridized carbons (Fsp3) is 0.500. The smallest absolute Gasteiger partial charge is 0.243 e. The van der Waals surface area contributed by atoms with Crippen LogP contribution in [0.5, 0.6) is 5.75 Å². The van der Waals surface area contributed by atoms with Crippen molar-refractivity contribution in [2.45, 2.75) is 81.9 Å². The van der Waals surface area contributed by atoms with Crippen LogP contribution in [0.3, 0.4) is 0 Å². The van der Waals surface area contributed by atoms with Gasteiger partial charge in [-0.3, -0.25) is 20.5 Å². The monoisotopic (exact) mass is 932 g/mol. The zero-order valence-electron chi connectivity index (χ0n) is 31.9. The second-order valence-corrected chi connectivity index (χ2v) is 16.3. The number of nitrogens with one attached hydrogen (secondary N) is 5. The van der Waals surface area contributed by atoms with E-state index in [1.165, 1.54) is 12.1 Å². The summed E-state index contributed by atoms with van der Waals surface area (Å²) in [4.78, 5) is 22.8. The summed E-state index contributed by atoms with van der Waals surface area (Å²) in [6.07, 6.45) is 4.68. The Hall–Kier alpha value is -2.73. The van der Waals surface area contributed by atoms with Crippen LogP contribution in [0.1, 0.15) is 61.8 Å². The van der Waals surface area contributed by atoms with Crippen molar-refractivity contribution in [1.29, 1.82) is 10.8 Å². The number of unbranched alkanes of at least 4 members (excludes halogenated alkanes) is 1. The maximum atomic E-state index is 14.3. The third-order valence-corrected chi connectivity index (χ3v) is 12.5. The quantitative estimate of drug-likeness (QED) is 0.0564. The highest BCUT2D eigenvalue weighted by Gasteiger charge is 2.47. The van der Waals surface area contributed by atoms with Crippen molar-refractivity contribution in [3.8, 4) is 5.75 Å². The highest BCUT2D eigenvalue weighted by Crippen LogP contribution is 2.37. The van der Waals surface area contributed by atoms with Crippen LogP contribution in [0.15, 0.2) is 41.3 Å². The molecule has 14 nitrogen and oxygen atoms in total. The highest BCUT2D eigenvalue weighted by molar-refractivity contribution is 7.89. The number of halogens is 6. The number of nitrogens with two attached hydrogens (primary N) is 2. The third kappa shape index (κ3) is 13.1. The molecule has 2 heterocycles. The standard InChI is InChI=1S/C36H50Cl2N10O4S.4ClH/c1-23-20-24(2)45-32-26(23)9-7-10-29(32)52-22-27-28(37)11-12-30(31(27)38)53(50,51)46-36(13-4-5-14-36)33(49)48-18-16-47(17-19-48)25(21-44-35(41)42)8-3-6-15-43-34(39)40;;;;/h7,9-12,20,25,46H,3-6,8,13-19,21-22H2,1-2H3,(H4,39,40,43)(H4,41,42,44);4*1H. The summed E-state index contributed by atoms with van der Waals surface area (Å²) in [6.45, 7) is 6.93. The molecule has 2 fully saturated rings. The van der Waals surface area contributed by atoms with Crippen LogP contribution in [0.25, 0.3) is 10.9 Å². The third-order valence-electron chi connectivity index (χ3n) is 10.1. The molecular weight excluding hydrogens is 881 g/mol. The molecule has 1 saturated carbocycles. The van der Waals surface area contributed by atoms with Gasteiger partial charge < -0.3 is 31.7 Å². The molecule has 1 amide bonds. The van der Waals surface area contributed by atoms with E-state index in [4.69, 9.17) is 50.2 Å². The largest absolute Gasteiger partial charge is 0.487 e. The van der Waals surface area contributed by atoms with E-state index >= 15 is 0 Å². The lowest BCUT2D eigenvalue weighted by Crippen LogP contribution is -2.62. The summed E-state index contributed by atoms with van der Waals surface area (Å²) in [5.74, 6) is 0.112. The number of piperazine rings is 1. The molecule has 1 aliphatic carbocycles. The number of fused-ring (bicyclic) bond motifs is 1. The Bertz CT molecular complexity index is 1950. The fourth-order valence-corrected chi connectivity index (χ4v) is 9.66. The van der Waals surface area contributed by atoms with Gasteiger partial charge in [0.25, 0.3) is 0 Å². The minimum absolute atomic E-state index is 0. The van der Waals surface area contributed by atoms with Gasteiger partial charge in [-0.15, -0.1) is 49.6 Å². The maximum Gasteiger partial charge on any atom is 0.243 e. The summed E-state index contributed by atoms with van der Waals surface area (Å²) in [5.41, 5.74) is 12.6. The summed E-state index contributed by atoms with van der Waals surface area (Å²) in [5, 5.41) is 21.8. The van der Waals surface area contributed by atoms with Crippen LogP contribution < -0.4 is 31.6 Å². The molecule has 2 aromatic carbocycles. The molecule has 320 valence electrons. The van der Waals surface area contributed by atoms with E-state index in [1.807, 2.05) is 32.0 Å². The van der Waals surface area contributed by atoms with Gasteiger partial charge in [0.2, 0.25) is 15.9 Å². The van der Waals surface area contributed by atoms with Crippen molar-refractivity contribution in [2.24, 2.45) is 11.5 Å². The van der Waals surface area contributed by atoms with Gasteiger partial charge in [0, 0.05) is 67.0 Å². The predicted octanol–water partition coefficient (Wildman–Crippen LogP) is 5.66. The van der Waals surface area contributed by atoms with Gasteiger partial charge in [-0.05, 0) is 69.4 Å². The van der Waals surface area contributed by atoms with Gasteiger partial charge in [0.15, 0.2) is 11.9 Å². The van der Waals surface area contributed by atoms with E-state index < -0.39 is 15.6 Å². The van der Waals surface area contributed by atoms with Crippen LogP contribution in [0.2, 0.25) is 10.0 Å². The van der Waals surface area contributed by atoms with Crippen molar-refractivity contribution in [3.05, 3.63) is 63.3 Å². The van der Waals surface area contributed by atoms with Crippen molar-refractivity contribution in [2.75, 3.05) is 39.3 Å². The van der Waals surface area contributed by atoms with Gasteiger partial charge in [0.05, 0.1) is 5.02 Å². The number of ether oxygens (including phenoxy) is 1. The summed E-state index contributed by atoms with van der Waals surface area (Å²) in [7, 11) is -4.28. The zero-order chi connectivity index (χ0) is 38.3. The lowest BCUT2D eigenvalue weighted by Gasteiger charge is -2.42. The molecule has 21 heteroatoms. The van der Waals surface area contributed by atoms with E-state index in [0.717, 1.165) is 35.9 Å². The molecule has 1 atom stereocenters. The second kappa shape index (κ2) is 23.2. The van der Waals surface area contributed by atoms with Gasteiger partial charge in [-0.2, -0.15) is 4.72 Å². The van der Waals surface area contributed by atoms with E-state index in [1.54, 1.807) is 11.0 Å². The van der Waals surface area contributed by atoms with Gasteiger partial charge in [-0.1, -0.05) is 54.6 Å². The van der Waals surface area contributed by atoms with Crippen molar-refractivity contribution in [3.63, 3.8) is 0 Å². The molecule has 0 bridgehead atoms. The van der Waals surface area contributed by atoms with Gasteiger partial charge in [0.1, 0.15) is 28.3 Å². The van der Waals surface area contributed by atoms with Crippen LogP contribution in [0.4, 0.5) is 0 Å². The summed E-state index contributed by atoms with van der Waals surface area (Å²) >= 11 is 13.4. The van der Waals surface area contributed by atoms with Gasteiger partial charge >= 0.3 is 0 Å². The lowest BCUT2D eigenvalue weighted by molar-refractivity contribution is -0.139. The summed E-state index contributed by atoms with van der Waals surface area (Å²) < 4.78 is 37.2. The van der Waals surface area contributed by atoms with Crippen LogP contribution >= 0.6 is 72.8 Å². The molecule has 57 heavy (non-hydrogen) atoms. The Morgan fingerprint density at radius 3 is 2.25 bits per heavy atom. The number of carbonyl (C=O) groups excluding carboxylic acids is 1. The van der Waals surface area contributed by atoms with E-state index in [0.29, 0.717) is 81.8 Å². The number of pyridine rings is 1. The molecule has 1 aliphatic heterocycles. The Kier molecular flexibility index (Phi) is 21.2. The Morgan fingerprint density at radius 1 is 0.965 bits per heavy atom. The highest BCUT2D eigenvalue weighted by atomic mass is 35.5. The summed E-state index contributed by atoms with van der Waals surface area (Å²) in [6, 6.07) is 10.5. The normalized spacial score (nSPS) is 15.5. The zero-order valence-corrected chi connectivity index (χ0v) is 37.5. The van der Waals surface area contributed by atoms with E-state index in [9.17, 15) is 13.2 Å². The topological polar surface area (TPSA) is 216 Å². The number of carbonyl (C=O) groups is 1. The average Bonchev–Trinajstić information content (AvgIpc) is 3.57. The molecule has 1 saturated heterocycles. The molecule has 1 aromatic heterocycles. The molecule has 5 rings (SSSR count). The van der Waals surface area contributed by atoms with E-state index in [2.05, 4.69) is 25.2 Å². The first-order valence-electron chi connectivity index (χ1n) is 17.9. The SMILES string of the molecule is Cc1cc(C)c2cccc(OCc3c(Cl)ccc(S(=O)(=O)NC4(C(=O)N5CCN(C(CCCCNC(=N)N)CNC(=N)N)CC5)CCCC4)c3Cl)c2n1.Cl.Cl.Cl.Cl. The van der Waals surface area contributed by atoms with Crippen molar-refractivity contribution < 1.29 is 17.9 Å². The Morgan fingerprint density at radius 2 is 1.61 bits per heavy atom. The number of aryl methyl sites for hydroxylation is 2. The first-order chi connectivity index (χ1) is 25.2. The van der Waals surface area contributed by atoms with Crippen molar-refractivity contribution >= 4 is 112 Å². The van der Waals surface area contributed by atoms with Crippen molar-refractivity contribution in [1.82, 2.24) is 30.1 Å². The molecule has 3 aromatic rings. The predicted molar refractivity (Wildman–Crippen MR) is 238 cm³/mol. The van der Waals surface area contributed by atoms with E-state index in [-0.39, 0.29) is 95.0 Å². The number of amides is 1. The van der Waals surface area contributed by atoms with Crippen LogP contribution in [-0.2, 0) is 21.4 Å². The number of aromatic nitrogens is 1. The number of hydrogen-bond donors (Lipinski definition) is 7. The molecule has 0 radical (unpaired) electrons. The maximum absolute atomic E-state index is 14.3. The van der Waals surface area contributed by atoms with Crippen LogP contribution in [0, 0.1) is 24.7 Å². The number of nitrogens with zero attached hydrogens (tertiary/aromatic N) is 3. The van der Waals surface area contributed by atoms with Crippen LogP contribution in [-0.4, -0.2) is 91.9 Å². The number of para-hydroxylation sites is 1. The number of hydrogen-bond acceptors (Lipinski definition) is 8. The number of benzene rings is 2. The minimum Gasteiger partial charge on any atom is -0.487 e. The Balaban J connectivity index is 0.00000406. The minimum atomic E-state index is -4.28. The number of guanidine groups is 2. The first-order valence-corrected chi connectivity index (χ1v) is 20.1. The lowest BCUT2D eigenvalue weighted by atomic mass is 9.96. The number of sulfonamides is 1. The first kappa shape index (κ1) is 52.3. The van der Waals surface area contributed by atoms with Gasteiger partial charge in [-0.25, -0.2) is 13.4 Å². The number of rotatable bonds is 15.